The Hall–Kier alpha value is -1.76. The highest BCUT2D eigenvalue weighted by Gasteiger charge is 2.22. The van der Waals surface area contributed by atoms with Crippen molar-refractivity contribution in [1.82, 2.24) is 4.98 Å². The molecule has 0 bridgehead atoms. The number of amides is 1. The average Bonchev–Trinajstić information content (AvgIpc) is 3.00. The van der Waals surface area contributed by atoms with Crippen molar-refractivity contribution in [2.75, 3.05) is 31.2 Å². The van der Waals surface area contributed by atoms with Gasteiger partial charge in [-0.05, 0) is 31.0 Å². The predicted octanol–water partition coefficient (Wildman–Crippen LogP) is 1.86. The molecule has 5 nitrogen and oxygen atoms in total. The maximum Gasteiger partial charge on any atom is 0.230 e. The molecule has 3 rings (SSSR count). The van der Waals surface area contributed by atoms with Crippen molar-refractivity contribution in [3.8, 4) is 0 Å². The second-order valence-electron chi connectivity index (χ2n) is 6.23. The molecule has 1 aromatic heterocycles. The van der Waals surface area contributed by atoms with Crippen molar-refractivity contribution in [3.63, 3.8) is 0 Å². The number of quaternary nitrogens is 1. The second kappa shape index (κ2) is 7.42. The summed E-state index contributed by atoms with van der Waals surface area (Å²) in [4.78, 5) is 20.2. The molecule has 0 aliphatic carbocycles. The molecule has 1 fully saturated rings. The van der Waals surface area contributed by atoms with Crippen LogP contribution in [0.1, 0.15) is 23.7 Å². The average molecular weight is 346 g/mol. The summed E-state index contributed by atoms with van der Waals surface area (Å²) < 4.78 is 5.40. The van der Waals surface area contributed by atoms with Crippen LogP contribution in [-0.4, -0.2) is 37.2 Å². The lowest BCUT2D eigenvalue weighted by molar-refractivity contribution is -0.921. The molecule has 1 aliphatic rings. The summed E-state index contributed by atoms with van der Waals surface area (Å²) in [5.74, 6) is -0.0108. The summed E-state index contributed by atoms with van der Waals surface area (Å²) in [7, 11) is 0. The second-order valence-corrected chi connectivity index (χ2v) is 7.07. The van der Waals surface area contributed by atoms with E-state index in [0.717, 1.165) is 54.9 Å². The van der Waals surface area contributed by atoms with E-state index in [1.54, 1.807) is 11.8 Å². The third-order valence-corrected chi connectivity index (χ3v) is 5.37. The topological polar surface area (TPSA) is 46.9 Å². The Morgan fingerprint density at radius 3 is 2.79 bits per heavy atom. The van der Waals surface area contributed by atoms with Crippen LogP contribution in [-0.2, 0) is 16.1 Å². The van der Waals surface area contributed by atoms with Crippen LogP contribution in [0.3, 0.4) is 0 Å². The third kappa shape index (κ3) is 3.66. The summed E-state index contributed by atoms with van der Waals surface area (Å²) in [6.07, 6.45) is 0. The summed E-state index contributed by atoms with van der Waals surface area (Å²) in [5, 5.41) is 2.82. The number of nitrogens with zero attached hydrogens (tertiary/aromatic N) is 2. The van der Waals surface area contributed by atoms with Crippen molar-refractivity contribution in [3.05, 3.63) is 40.4 Å². The molecular formula is C18H24N3O2S+. The Bertz CT molecular complexity index is 723. The van der Waals surface area contributed by atoms with Crippen molar-refractivity contribution in [2.45, 2.75) is 27.3 Å². The van der Waals surface area contributed by atoms with E-state index in [2.05, 4.69) is 18.4 Å². The Labute approximate surface area is 146 Å². The summed E-state index contributed by atoms with van der Waals surface area (Å²) >= 11 is 1.53. The minimum absolute atomic E-state index is 0.0108. The first-order chi connectivity index (χ1) is 11.6. The van der Waals surface area contributed by atoms with Gasteiger partial charge in [-0.2, -0.15) is 0 Å². The number of ether oxygens (including phenoxy) is 1. The van der Waals surface area contributed by atoms with Gasteiger partial charge in [-0.25, -0.2) is 4.98 Å². The van der Waals surface area contributed by atoms with Crippen molar-refractivity contribution in [1.29, 1.82) is 0 Å². The zero-order chi connectivity index (χ0) is 17.1. The monoisotopic (exact) mass is 346 g/mol. The van der Waals surface area contributed by atoms with E-state index in [1.165, 1.54) is 21.8 Å². The molecule has 128 valence electrons. The van der Waals surface area contributed by atoms with Gasteiger partial charge in [0.05, 0.1) is 18.9 Å². The number of hydrogen-bond acceptors (Lipinski definition) is 4. The van der Waals surface area contributed by atoms with Crippen LogP contribution < -0.4 is 9.80 Å². The van der Waals surface area contributed by atoms with Crippen LogP contribution in [0, 0.1) is 13.8 Å². The molecule has 2 heterocycles. The molecule has 1 saturated heterocycles. The summed E-state index contributed by atoms with van der Waals surface area (Å²) in [6, 6.07) is 6.03. The number of anilines is 2. The number of morpholine rings is 1. The van der Waals surface area contributed by atoms with E-state index >= 15 is 0 Å². The van der Waals surface area contributed by atoms with Gasteiger partial charge in [-0.1, -0.05) is 12.1 Å². The lowest BCUT2D eigenvalue weighted by atomic mass is 10.1. The molecule has 1 amide bonds. The Kier molecular flexibility index (Phi) is 5.28. The van der Waals surface area contributed by atoms with Gasteiger partial charge >= 0.3 is 0 Å². The number of carbonyl (C=O) groups excluding carboxylic acids is 1. The van der Waals surface area contributed by atoms with Gasteiger partial charge in [0.15, 0.2) is 5.13 Å². The fraction of sp³-hybridized carbons (Fsp3) is 0.444. The molecule has 24 heavy (non-hydrogen) atoms. The number of thiazole rings is 1. The molecule has 6 heteroatoms. The summed E-state index contributed by atoms with van der Waals surface area (Å²) in [6.45, 7) is 10.2. The minimum Gasteiger partial charge on any atom is -0.370 e. The Morgan fingerprint density at radius 2 is 2.08 bits per heavy atom. The van der Waals surface area contributed by atoms with Gasteiger partial charge in [0.2, 0.25) is 5.91 Å². The third-order valence-electron chi connectivity index (χ3n) is 4.49. The lowest BCUT2D eigenvalue weighted by Gasteiger charge is -2.23. The lowest BCUT2D eigenvalue weighted by Crippen LogP contribution is -3.12. The molecule has 0 atom stereocenters. The first kappa shape index (κ1) is 17.1. The van der Waals surface area contributed by atoms with Crippen molar-refractivity contribution >= 4 is 28.1 Å². The highest BCUT2D eigenvalue weighted by atomic mass is 32.1. The number of aryl methyl sites for hydroxylation is 1. The molecule has 0 radical (unpaired) electrons. The normalized spacial score (nSPS) is 15.5. The van der Waals surface area contributed by atoms with Gasteiger partial charge in [0.1, 0.15) is 25.3 Å². The van der Waals surface area contributed by atoms with Gasteiger partial charge in [0.25, 0.3) is 0 Å². The molecule has 1 aliphatic heterocycles. The maximum atomic E-state index is 12.3. The number of rotatable bonds is 4. The smallest absolute Gasteiger partial charge is 0.230 e. The number of aromatic nitrogens is 1. The van der Waals surface area contributed by atoms with E-state index in [-0.39, 0.29) is 5.91 Å². The molecule has 0 saturated carbocycles. The van der Waals surface area contributed by atoms with E-state index < -0.39 is 0 Å². The standard InChI is InChI=1S/C18H23N3O2S/c1-13-5-4-6-17(14(13)2)21(15(3)22)18-19-16(12-24-18)11-20-7-9-23-10-8-20/h4-6,12H,7-11H2,1-3H3/p+1. The molecule has 2 aromatic rings. The molecule has 1 N–H and O–H groups in total. The van der Waals surface area contributed by atoms with Gasteiger partial charge in [0, 0.05) is 12.3 Å². The Morgan fingerprint density at radius 1 is 1.33 bits per heavy atom. The summed E-state index contributed by atoms with van der Waals surface area (Å²) in [5.41, 5.74) is 4.25. The van der Waals surface area contributed by atoms with Crippen LogP contribution in [0.5, 0.6) is 0 Å². The van der Waals surface area contributed by atoms with Crippen LogP contribution in [0.2, 0.25) is 0 Å². The largest absolute Gasteiger partial charge is 0.370 e. The molecule has 0 unspecified atom stereocenters. The fourth-order valence-electron chi connectivity index (χ4n) is 2.96. The van der Waals surface area contributed by atoms with Crippen LogP contribution in [0.15, 0.2) is 23.6 Å². The molecule has 1 aromatic carbocycles. The zero-order valence-corrected chi connectivity index (χ0v) is 15.3. The first-order valence-corrected chi connectivity index (χ1v) is 9.17. The van der Waals surface area contributed by atoms with E-state index in [1.807, 2.05) is 19.1 Å². The SMILES string of the molecule is CC(=O)N(c1nc(C[NH+]2CCOCC2)cs1)c1cccc(C)c1C. The highest BCUT2D eigenvalue weighted by Crippen LogP contribution is 2.32. The highest BCUT2D eigenvalue weighted by molar-refractivity contribution is 7.14. The van der Waals surface area contributed by atoms with Gasteiger partial charge < -0.3 is 9.64 Å². The number of hydrogen-bond donors (Lipinski definition) is 1. The van der Waals surface area contributed by atoms with Gasteiger partial charge in [-0.3, -0.25) is 9.69 Å². The van der Waals surface area contributed by atoms with E-state index in [9.17, 15) is 4.79 Å². The van der Waals surface area contributed by atoms with E-state index in [0.29, 0.717) is 0 Å². The Balaban J connectivity index is 1.84. The molecule has 0 spiro atoms. The fourth-order valence-corrected chi connectivity index (χ4v) is 3.84. The van der Waals surface area contributed by atoms with E-state index in [4.69, 9.17) is 9.72 Å². The van der Waals surface area contributed by atoms with Crippen molar-refractivity contribution in [2.24, 2.45) is 0 Å². The van der Waals surface area contributed by atoms with Crippen LogP contribution in [0.25, 0.3) is 0 Å². The maximum absolute atomic E-state index is 12.3. The molecular weight excluding hydrogens is 322 g/mol. The van der Waals surface area contributed by atoms with Crippen LogP contribution >= 0.6 is 11.3 Å². The number of carbonyl (C=O) groups is 1. The quantitative estimate of drug-likeness (QED) is 0.919. The number of nitrogens with one attached hydrogen (secondary N) is 1. The van der Waals surface area contributed by atoms with Crippen LogP contribution in [0.4, 0.5) is 10.8 Å². The van der Waals surface area contributed by atoms with Crippen molar-refractivity contribution < 1.29 is 14.4 Å². The zero-order valence-electron chi connectivity index (χ0n) is 14.5. The van der Waals surface area contributed by atoms with Gasteiger partial charge in [-0.15, -0.1) is 11.3 Å². The first-order valence-electron chi connectivity index (χ1n) is 8.29. The number of benzene rings is 1. The minimum atomic E-state index is -0.0108. The predicted molar refractivity (Wildman–Crippen MR) is 96.1 cm³/mol.